The van der Waals surface area contributed by atoms with Crippen LogP contribution < -0.4 is 11.5 Å². The van der Waals surface area contributed by atoms with Gasteiger partial charge in [-0.3, -0.25) is 0 Å². The zero-order valence-corrected chi connectivity index (χ0v) is 9.57. The third kappa shape index (κ3) is 3.59. The van der Waals surface area contributed by atoms with E-state index >= 15 is 0 Å². The Labute approximate surface area is 96.2 Å². The van der Waals surface area contributed by atoms with E-state index in [0.717, 1.165) is 4.47 Å². The molecule has 0 unspecified atom stereocenters. The summed E-state index contributed by atoms with van der Waals surface area (Å²) in [6.07, 6.45) is 0. The van der Waals surface area contributed by atoms with Crippen LogP contribution in [0.1, 0.15) is 0 Å². The van der Waals surface area contributed by atoms with Gasteiger partial charge in [0, 0.05) is 4.47 Å². The Morgan fingerprint density at radius 3 is 2.13 bits per heavy atom. The fraction of sp³-hybridized carbons (Fsp3) is 0. The summed E-state index contributed by atoms with van der Waals surface area (Å²) >= 11 is 3.50. The van der Waals surface area contributed by atoms with Crippen molar-refractivity contribution < 1.29 is 4.79 Å². The summed E-state index contributed by atoms with van der Waals surface area (Å²) < 4.78 is 1.16. The second kappa shape index (κ2) is 5.36. The first kappa shape index (κ1) is 11.5. The normalized spacial score (nSPS) is 9.13. The molecule has 2 amide bonds. The first-order valence-electron chi connectivity index (χ1n) is 4.29. The predicted octanol–water partition coefficient (Wildman–Crippen LogP) is 2.63. The Hall–Kier alpha value is -1.55. The van der Waals surface area contributed by atoms with E-state index in [1.807, 2.05) is 12.1 Å². The molecule has 0 aliphatic heterocycles. The number of urea groups is 1. The summed E-state index contributed by atoms with van der Waals surface area (Å²) in [6, 6.07) is 13.7. The summed E-state index contributed by atoms with van der Waals surface area (Å²) in [6.45, 7) is 0. The van der Waals surface area contributed by atoms with Crippen molar-refractivity contribution in [3.63, 3.8) is 0 Å². The number of hydrogen-bond donors (Lipinski definition) is 2. The fourth-order valence-electron chi connectivity index (χ4n) is 1.19. The molecule has 4 N–H and O–H groups in total. The highest BCUT2D eigenvalue weighted by Gasteiger charge is 1.93. The predicted molar refractivity (Wildman–Crippen MR) is 65.4 cm³/mol. The van der Waals surface area contributed by atoms with E-state index in [1.165, 1.54) is 10.8 Å². The van der Waals surface area contributed by atoms with E-state index in [0.29, 0.717) is 0 Å². The van der Waals surface area contributed by atoms with Gasteiger partial charge in [0.05, 0.1) is 0 Å². The van der Waals surface area contributed by atoms with E-state index in [4.69, 9.17) is 4.79 Å². The van der Waals surface area contributed by atoms with E-state index in [1.54, 1.807) is 0 Å². The van der Waals surface area contributed by atoms with Crippen molar-refractivity contribution in [1.82, 2.24) is 0 Å². The van der Waals surface area contributed by atoms with E-state index in [2.05, 4.69) is 57.7 Å². The Morgan fingerprint density at radius 2 is 1.53 bits per heavy atom. The zero-order valence-electron chi connectivity index (χ0n) is 7.98. The van der Waals surface area contributed by atoms with Crippen molar-refractivity contribution in [2.24, 2.45) is 11.5 Å². The smallest absolute Gasteiger partial charge is 0.309 e. The van der Waals surface area contributed by atoms with Crippen LogP contribution in [0.2, 0.25) is 0 Å². The van der Waals surface area contributed by atoms with Crippen molar-refractivity contribution in [2.75, 3.05) is 0 Å². The maximum atomic E-state index is 9.00. The first-order chi connectivity index (χ1) is 7.11. The van der Waals surface area contributed by atoms with Crippen molar-refractivity contribution in [3.05, 3.63) is 46.9 Å². The summed E-state index contributed by atoms with van der Waals surface area (Å²) in [5.41, 5.74) is 8.50. The quantitative estimate of drug-likeness (QED) is 0.756. The molecule has 0 spiro atoms. The van der Waals surface area contributed by atoms with Crippen LogP contribution in [0, 0.1) is 0 Å². The van der Waals surface area contributed by atoms with Crippen LogP contribution in [0.3, 0.4) is 0 Å². The van der Waals surface area contributed by atoms with Gasteiger partial charge in [-0.15, -0.1) is 0 Å². The summed E-state index contributed by atoms with van der Waals surface area (Å²) in [7, 11) is 0. The summed E-state index contributed by atoms with van der Waals surface area (Å²) in [5, 5.41) is 2.55. The molecule has 78 valence electrons. The van der Waals surface area contributed by atoms with Crippen LogP contribution in [0.25, 0.3) is 10.8 Å². The lowest BCUT2D eigenvalue weighted by atomic mass is 10.1. The van der Waals surface area contributed by atoms with Gasteiger partial charge in [0.15, 0.2) is 0 Å². The molecule has 0 aliphatic carbocycles. The van der Waals surface area contributed by atoms with Gasteiger partial charge < -0.3 is 11.5 Å². The van der Waals surface area contributed by atoms with Gasteiger partial charge >= 0.3 is 6.03 Å². The van der Waals surface area contributed by atoms with Gasteiger partial charge in [-0.1, -0.05) is 52.3 Å². The van der Waals surface area contributed by atoms with Gasteiger partial charge in [-0.05, 0) is 16.8 Å². The van der Waals surface area contributed by atoms with E-state index < -0.39 is 6.03 Å². The minimum absolute atomic E-state index is 0.833. The Balaban J connectivity index is 0.000000245. The van der Waals surface area contributed by atoms with Gasteiger partial charge in [-0.2, -0.15) is 0 Å². The number of hydrogen-bond acceptors (Lipinski definition) is 1. The van der Waals surface area contributed by atoms with E-state index in [-0.39, 0.29) is 0 Å². The molecule has 0 aromatic heterocycles. The van der Waals surface area contributed by atoms with Gasteiger partial charge in [0.1, 0.15) is 0 Å². The SMILES string of the molecule is Brc1cccc2ccccc12.NC(N)=O. The monoisotopic (exact) mass is 266 g/mol. The number of rotatable bonds is 0. The van der Waals surface area contributed by atoms with Crippen molar-refractivity contribution >= 4 is 32.7 Å². The van der Waals surface area contributed by atoms with Crippen molar-refractivity contribution in [3.8, 4) is 0 Å². The maximum absolute atomic E-state index is 9.00. The highest BCUT2D eigenvalue weighted by atomic mass is 79.9. The Morgan fingerprint density at radius 1 is 1.00 bits per heavy atom. The number of primary amides is 2. The first-order valence-corrected chi connectivity index (χ1v) is 5.08. The summed E-state index contributed by atoms with van der Waals surface area (Å²) in [5.74, 6) is 0. The molecule has 15 heavy (non-hydrogen) atoms. The molecule has 0 saturated heterocycles. The molecule has 0 saturated carbocycles. The molecule has 0 heterocycles. The molecule has 0 aliphatic rings. The molecule has 3 nitrogen and oxygen atoms in total. The average Bonchev–Trinajstić information content (AvgIpc) is 2.18. The molecule has 0 radical (unpaired) electrons. The van der Waals surface area contributed by atoms with Crippen LogP contribution in [0.15, 0.2) is 46.9 Å². The van der Waals surface area contributed by atoms with Gasteiger partial charge in [-0.25, -0.2) is 4.79 Å². The average molecular weight is 267 g/mol. The van der Waals surface area contributed by atoms with Crippen molar-refractivity contribution in [1.29, 1.82) is 0 Å². The number of carbonyl (C=O) groups is 1. The fourth-order valence-corrected chi connectivity index (χ4v) is 1.70. The highest BCUT2D eigenvalue weighted by molar-refractivity contribution is 9.10. The second-order valence-electron chi connectivity index (χ2n) is 2.86. The minimum atomic E-state index is -0.833. The second-order valence-corrected chi connectivity index (χ2v) is 3.72. The molecule has 0 bridgehead atoms. The number of halogens is 1. The number of fused-ring (bicyclic) bond motifs is 1. The van der Waals surface area contributed by atoms with E-state index in [9.17, 15) is 0 Å². The van der Waals surface area contributed by atoms with Crippen LogP contribution in [-0.2, 0) is 0 Å². The molecule has 2 rings (SSSR count). The number of amides is 2. The van der Waals surface area contributed by atoms with Crippen LogP contribution in [0.5, 0.6) is 0 Å². The minimum Gasteiger partial charge on any atom is -0.352 e. The van der Waals surface area contributed by atoms with Crippen LogP contribution >= 0.6 is 15.9 Å². The van der Waals surface area contributed by atoms with Gasteiger partial charge in [0.25, 0.3) is 0 Å². The lowest BCUT2D eigenvalue weighted by Gasteiger charge is -1.97. The standard InChI is InChI=1S/C10H7Br.CH4N2O/c11-10-7-3-5-8-4-1-2-6-9(8)10;2-1(3)4/h1-7H;(H4,2,3,4). The topological polar surface area (TPSA) is 69.1 Å². The van der Waals surface area contributed by atoms with Crippen molar-refractivity contribution in [2.45, 2.75) is 0 Å². The number of benzene rings is 2. The molecule has 4 heteroatoms. The largest absolute Gasteiger partial charge is 0.352 e. The molecule has 2 aromatic carbocycles. The Kier molecular flexibility index (Phi) is 4.12. The molecular weight excluding hydrogens is 256 g/mol. The molecular formula is C11H11BrN2O. The zero-order chi connectivity index (χ0) is 11.3. The highest BCUT2D eigenvalue weighted by Crippen LogP contribution is 2.22. The maximum Gasteiger partial charge on any atom is 0.309 e. The lowest BCUT2D eigenvalue weighted by Crippen LogP contribution is -2.18. The molecule has 2 aromatic rings. The van der Waals surface area contributed by atoms with Crippen LogP contribution in [-0.4, -0.2) is 6.03 Å². The Bertz CT molecular complexity index is 462. The van der Waals surface area contributed by atoms with Crippen LogP contribution in [0.4, 0.5) is 4.79 Å². The summed E-state index contributed by atoms with van der Waals surface area (Å²) in [4.78, 5) is 9.00. The third-order valence-electron chi connectivity index (χ3n) is 1.74. The molecule has 0 fully saturated rings. The third-order valence-corrected chi connectivity index (χ3v) is 2.43. The van der Waals surface area contributed by atoms with Gasteiger partial charge in [0.2, 0.25) is 0 Å². The number of carbonyl (C=O) groups excluding carboxylic acids is 1. The molecule has 0 atom stereocenters. The number of nitrogens with two attached hydrogens (primary N) is 2. The lowest BCUT2D eigenvalue weighted by molar-refractivity contribution is 0.256.